The van der Waals surface area contributed by atoms with Crippen LogP contribution in [0.5, 0.6) is 0 Å². The van der Waals surface area contributed by atoms with Crippen molar-refractivity contribution in [2.45, 2.75) is 6.54 Å². The zero-order valence-electron chi connectivity index (χ0n) is 15.9. The summed E-state index contributed by atoms with van der Waals surface area (Å²) in [4.78, 5) is 25.4. The van der Waals surface area contributed by atoms with Gasteiger partial charge in [-0.2, -0.15) is 0 Å². The van der Waals surface area contributed by atoms with Gasteiger partial charge < -0.3 is 14.6 Å². The maximum atomic E-state index is 12.4. The molecule has 1 unspecified atom stereocenters. The predicted octanol–water partition coefficient (Wildman–Crippen LogP) is 3.25. The molecule has 1 atom stereocenters. The lowest BCUT2D eigenvalue weighted by Gasteiger charge is -2.16. The van der Waals surface area contributed by atoms with Gasteiger partial charge in [-0.05, 0) is 29.0 Å². The zero-order valence-corrected chi connectivity index (χ0v) is 16.6. The van der Waals surface area contributed by atoms with Gasteiger partial charge in [0.25, 0.3) is 5.91 Å². The number of anilines is 1. The Hall–Kier alpha value is -3.15. The molecule has 2 N–H and O–H groups in total. The number of likely N-dealkylation sites (N-methyl/N-ethyl adjacent to an activating group) is 1. The Labute approximate surface area is 172 Å². The lowest BCUT2D eigenvalue weighted by molar-refractivity contribution is -0.885. The minimum atomic E-state index is -0.392. The van der Waals surface area contributed by atoms with Gasteiger partial charge in [0.05, 0.1) is 17.8 Å². The van der Waals surface area contributed by atoms with Crippen LogP contribution in [0, 0.1) is 0 Å². The average Bonchev–Trinajstić information content (AvgIpc) is 2.69. The number of quaternary nitrogens is 1. The van der Waals surface area contributed by atoms with Crippen molar-refractivity contribution in [2.75, 3.05) is 18.9 Å². The molecule has 0 radical (unpaired) electrons. The van der Waals surface area contributed by atoms with Gasteiger partial charge in [0.15, 0.2) is 6.54 Å². The summed E-state index contributed by atoms with van der Waals surface area (Å²) < 4.78 is 5.41. The summed E-state index contributed by atoms with van der Waals surface area (Å²) in [6.07, 6.45) is 0. The molecule has 146 valence electrons. The topological polar surface area (TPSA) is 63.8 Å². The average molecular weight is 408 g/mol. The van der Waals surface area contributed by atoms with Crippen LogP contribution in [0.25, 0.3) is 21.7 Å². The normalized spacial score (nSPS) is 12.2. The lowest BCUT2D eigenvalue weighted by Crippen LogP contribution is -3.08. The summed E-state index contributed by atoms with van der Waals surface area (Å²) in [5.74, 6) is -0.146. The van der Waals surface area contributed by atoms with Crippen LogP contribution in [-0.4, -0.2) is 19.5 Å². The van der Waals surface area contributed by atoms with Gasteiger partial charge in [0, 0.05) is 17.0 Å². The predicted molar refractivity (Wildman–Crippen MR) is 116 cm³/mol. The van der Waals surface area contributed by atoms with Crippen molar-refractivity contribution in [3.8, 4) is 0 Å². The first-order valence-corrected chi connectivity index (χ1v) is 9.69. The van der Waals surface area contributed by atoms with Crippen LogP contribution in [0.3, 0.4) is 0 Å². The van der Waals surface area contributed by atoms with Crippen molar-refractivity contribution in [1.82, 2.24) is 0 Å². The minimum absolute atomic E-state index is 0.146. The van der Waals surface area contributed by atoms with Crippen LogP contribution in [-0.2, 0) is 11.3 Å². The van der Waals surface area contributed by atoms with Gasteiger partial charge in [0.1, 0.15) is 12.1 Å². The number of fused-ring (bicyclic) bond motifs is 3. The number of halogens is 1. The highest BCUT2D eigenvalue weighted by atomic mass is 35.5. The third-order valence-corrected chi connectivity index (χ3v) is 5.15. The highest BCUT2D eigenvalue weighted by Gasteiger charge is 2.16. The van der Waals surface area contributed by atoms with Crippen molar-refractivity contribution in [3.63, 3.8) is 0 Å². The first-order valence-electron chi connectivity index (χ1n) is 9.31. The molecule has 29 heavy (non-hydrogen) atoms. The van der Waals surface area contributed by atoms with Crippen LogP contribution in [0.2, 0.25) is 5.02 Å². The van der Waals surface area contributed by atoms with E-state index in [9.17, 15) is 9.59 Å². The number of amides is 1. The number of benzene rings is 3. The van der Waals surface area contributed by atoms with E-state index in [1.807, 2.05) is 55.6 Å². The van der Waals surface area contributed by atoms with Crippen molar-refractivity contribution < 1.29 is 14.1 Å². The summed E-state index contributed by atoms with van der Waals surface area (Å²) in [5.41, 5.74) is 1.61. The Kier molecular flexibility index (Phi) is 5.34. The third kappa shape index (κ3) is 4.16. The Morgan fingerprint density at radius 1 is 1.07 bits per heavy atom. The molecule has 0 bridgehead atoms. The lowest BCUT2D eigenvalue weighted by atomic mass is 10.0. The van der Waals surface area contributed by atoms with E-state index in [0.29, 0.717) is 22.8 Å². The van der Waals surface area contributed by atoms with E-state index in [4.69, 9.17) is 16.0 Å². The molecule has 4 rings (SSSR count). The number of rotatable bonds is 5. The highest BCUT2D eigenvalue weighted by molar-refractivity contribution is 6.33. The van der Waals surface area contributed by atoms with E-state index in [0.717, 1.165) is 26.6 Å². The summed E-state index contributed by atoms with van der Waals surface area (Å²) in [7, 11) is 1.91. The fourth-order valence-corrected chi connectivity index (χ4v) is 3.76. The fraction of sp³-hybridized carbons (Fsp3) is 0.130. The van der Waals surface area contributed by atoms with E-state index >= 15 is 0 Å². The second-order valence-corrected chi connectivity index (χ2v) is 7.50. The molecule has 0 aliphatic carbocycles. The molecule has 5 nitrogen and oxygen atoms in total. The van der Waals surface area contributed by atoms with Crippen molar-refractivity contribution in [3.05, 3.63) is 87.7 Å². The van der Waals surface area contributed by atoms with Crippen molar-refractivity contribution in [2.24, 2.45) is 0 Å². The van der Waals surface area contributed by atoms with Crippen LogP contribution in [0.4, 0.5) is 5.69 Å². The third-order valence-electron chi connectivity index (χ3n) is 4.82. The van der Waals surface area contributed by atoms with E-state index in [1.54, 1.807) is 12.1 Å². The molecule has 3 aromatic carbocycles. The van der Waals surface area contributed by atoms with Gasteiger partial charge >= 0.3 is 5.63 Å². The Morgan fingerprint density at radius 2 is 1.83 bits per heavy atom. The number of para-hydroxylation sites is 1. The molecule has 1 amide bonds. The van der Waals surface area contributed by atoms with Gasteiger partial charge in [0.2, 0.25) is 0 Å². The van der Waals surface area contributed by atoms with E-state index in [-0.39, 0.29) is 12.5 Å². The molecule has 0 aliphatic heterocycles. The maximum absolute atomic E-state index is 12.4. The molecule has 0 fully saturated rings. The number of hydrogen-bond acceptors (Lipinski definition) is 3. The number of hydrogen-bond donors (Lipinski definition) is 2. The standard InChI is InChI=1S/C23H19ClN2O3/c1-26(14-21(27)25-19-9-5-4-8-18(19)24)13-16-12-22(28)29-20-11-10-15-6-2-3-7-17(15)23(16)20/h2-12H,13-14H2,1H3,(H,25,27)/p+1. The first kappa shape index (κ1) is 19.2. The van der Waals surface area contributed by atoms with Crippen LogP contribution >= 0.6 is 11.6 Å². The van der Waals surface area contributed by atoms with Gasteiger partial charge in [-0.15, -0.1) is 0 Å². The van der Waals surface area contributed by atoms with Crippen LogP contribution in [0.15, 0.2) is 75.9 Å². The van der Waals surface area contributed by atoms with Gasteiger partial charge in [-0.1, -0.05) is 54.1 Å². The summed E-state index contributed by atoms with van der Waals surface area (Å²) in [5, 5.41) is 6.34. The molecular formula is C23H20ClN2O3+. The van der Waals surface area contributed by atoms with Gasteiger partial charge in [-0.3, -0.25) is 4.79 Å². The highest BCUT2D eigenvalue weighted by Crippen LogP contribution is 2.27. The Bertz CT molecular complexity index is 1270. The molecule has 0 saturated heterocycles. The fourth-order valence-electron chi connectivity index (χ4n) is 3.58. The molecule has 0 aliphatic rings. The molecule has 4 aromatic rings. The molecule has 0 spiro atoms. The molecular weight excluding hydrogens is 388 g/mol. The minimum Gasteiger partial charge on any atom is -0.423 e. The summed E-state index contributed by atoms with van der Waals surface area (Å²) >= 11 is 6.11. The zero-order chi connectivity index (χ0) is 20.4. The molecule has 1 heterocycles. The summed E-state index contributed by atoms with van der Waals surface area (Å²) in [6, 6.07) is 20.4. The van der Waals surface area contributed by atoms with Crippen LogP contribution < -0.4 is 15.8 Å². The van der Waals surface area contributed by atoms with Crippen LogP contribution in [0.1, 0.15) is 5.56 Å². The first-order chi connectivity index (χ1) is 14.0. The Morgan fingerprint density at radius 3 is 2.66 bits per heavy atom. The number of nitrogens with one attached hydrogen (secondary N) is 2. The second kappa shape index (κ2) is 8.07. The largest absolute Gasteiger partial charge is 0.423 e. The maximum Gasteiger partial charge on any atom is 0.336 e. The van der Waals surface area contributed by atoms with E-state index in [1.165, 1.54) is 6.07 Å². The van der Waals surface area contributed by atoms with Crippen molar-refractivity contribution >= 4 is 44.9 Å². The van der Waals surface area contributed by atoms with E-state index in [2.05, 4.69) is 5.32 Å². The number of carbonyl (C=O) groups is 1. The Balaban J connectivity index is 1.60. The number of carbonyl (C=O) groups excluding carboxylic acids is 1. The monoisotopic (exact) mass is 407 g/mol. The molecule has 6 heteroatoms. The van der Waals surface area contributed by atoms with Crippen molar-refractivity contribution in [1.29, 1.82) is 0 Å². The molecule has 1 aromatic heterocycles. The molecule has 0 saturated carbocycles. The second-order valence-electron chi connectivity index (χ2n) is 7.09. The SMILES string of the molecule is C[NH+](CC(=O)Nc1ccccc1Cl)Cc1cc(=O)oc2ccc3ccccc3c12. The quantitative estimate of drug-likeness (QED) is 0.394. The smallest absolute Gasteiger partial charge is 0.336 e. The summed E-state index contributed by atoms with van der Waals surface area (Å²) in [6.45, 7) is 0.740. The van der Waals surface area contributed by atoms with E-state index < -0.39 is 5.63 Å². The van der Waals surface area contributed by atoms with Gasteiger partial charge in [-0.25, -0.2) is 4.79 Å².